The van der Waals surface area contributed by atoms with Crippen molar-refractivity contribution in [2.24, 2.45) is 0 Å². The predicted octanol–water partition coefficient (Wildman–Crippen LogP) is 0.427. The monoisotopic (exact) mass is 163 g/mol. The molecule has 60 valence electrons. The van der Waals surface area contributed by atoms with Crippen LogP contribution in [0.2, 0.25) is 0 Å². The van der Waals surface area contributed by atoms with Gasteiger partial charge in [0.15, 0.2) is 5.65 Å². The normalized spacial score (nSPS) is 10.3. The van der Waals surface area contributed by atoms with Crippen LogP contribution in [0.1, 0.15) is 10.6 Å². The third-order valence-electron chi connectivity index (χ3n) is 1.51. The largest absolute Gasteiger partial charge is 0.475 e. The van der Waals surface area contributed by atoms with Gasteiger partial charge in [-0.1, -0.05) is 6.07 Å². The highest BCUT2D eigenvalue weighted by atomic mass is 16.4. The summed E-state index contributed by atoms with van der Waals surface area (Å²) in [7, 11) is 0. The predicted molar refractivity (Wildman–Crippen MR) is 39.9 cm³/mol. The molecule has 0 saturated heterocycles. The summed E-state index contributed by atoms with van der Waals surface area (Å²) in [4.78, 5) is 10.6. The number of carbonyl (C=O) groups is 1. The zero-order valence-electron chi connectivity index (χ0n) is 6.01. The summed E-state index contributed by atoms with van der Waals surface area (Å²) in [5.74, 6) is -1.14. The number of carboxylic acid groups (broad SMARTS) is 1. The lowest BCUT2D eigenvalue weighted by atomic mass is 10.5. The smallest absolute Gasteiger partial charge is 0.374 e. The van der Waals surface area contributed by atoms with Crippen LogP contribution in [0.25, 0.3) is 5.65 Å². The number of hydrogen-bond acceptors (Lipinski definition) is 3. The quantitative estimate of drug-likeness (QED) is 0.661. The highest BCUT2D eigenvalue weighted by Crippen LogP contribution is 2.01. The summed E-state index contributed by atoms with van der Waals surface area (Å²) < 4.78 is 1.42. The summed E-state index contributed by atoms with van der Waals surface area (Å²) >= 11 is 0. The lowest BCUT2D eigenvalue weighted by Crippen LogP contribution is -2.02. The van der Waals surface area contributed by atoms with Crippen LogP contribution in [-0.2, 0) is 0 Å². The molecule has 2 rings (SSSR count). The lowest BCUT2D eigenvalue weighted by molar-refractivity contribution is 0.0682. The molecule has 0 radical (unpaired) electrons. The maximum absolute atomic E-state index is 10.6. The van der Waals surface area contributed by atoms with Crippen molar-refractivity contribution in [3.63, 3.8) is 0 Å². The molecular formula is C7H5N3O2. The SMILES string of the molecule is O=C(O)c1nnc2ccccn12. The molecule has 0 aliphatic carbocycles. The molecule has 2 aromatic heterocycles. The summed E-state index contributed by atoms with van der Waals surface area (Å²) in [6, 6.07) is 5.19. The second-order valence-corrected chi connectivity index (χ2v) is 2.26. The first-order valence-corrected chi connectivity index (χ1v) is 3.32. The molecule has 2 aromatic rings. The maximum Gasteiger partial charge on any atom is 0.374 e. The highest BCUT2D eigenvalue weighted by Gasteiger charge is 2.10. The number of fused-ring (bicyclic) bond motifs is 1. The Labute approximate surface area is 67.3 Å². The number of nitrogens with zero attached hydrogens (tertiary/aromatic N) is 3. The number of pyridine rings is 1. The summed E-state index contributed by atoms with van der Waals surface area (Å²) in [6.07, 6.45) is 1.61. The third-order valence-corrected chi connectivity index (χ3v) is 1.51. The van der Waals surface area contributed by atoms with Crippen LogP contribution in [-0.4, -0.2) is 25.7 Å². The molecule has 0 saturated carbocycles. The first kappa shape index (κ1) is 6.78. The minimum atomic E-state index is -1.08. The van der Waals surface area contributed by atoms with Crippen molar-refractivity contribution in [3.05, 3.63) is 30.2 Å². The Morgan fingerprint density at radius 1 is 1.42 bits per heavy atom. The van der Waals surface area contributed by atoms with E-state index >= 15 is 0 Å². The Bertz CT molecular complexity index is 435. The van der Waals surface area contributed by atoms with Crippen molar-refractivity contribution in [2.45, 2.75) is 0 Å². The molecule has 0 aliphatic heterocycles. The third kappa shape index (κ3) is 0.833. The Balaban J connectivity index is 2.79. The van der Waals surface area contributed by atoms with Gasteiger partial charge in [-0.05, 0) is 12.1 Å². The van der Waals surface area contributed by atoms with Crippen LogP contribution < -0.4 is 0 Å². The molecule has 0 fully saturated rings. The molecule has 0 bridgehead atoms. The van der Waals surface area contributed by atoms with Crippen LogP contribution in [0.5, 0.6) is 0 Å². The number of aromatic nitrogens is 3. The highest BCUT2D eigenvalue weighted by molar-refractivity contribution is 5.84. The zero-order chi connectivity index (χ0) is 8.55. The number of rotatable bonds is 1. The van der Waals surface area contributed by atoms with Crippen molar-refractivity contribution < 1.29 is 9.90 Å². The van der Waals surface area contributed by atoms with Crippen LogP contribution >= 0.6 is 0 Å². The van der Waals surface area contributed by atoms with Crippen molar-refractivity contribution in [1.82, 2.24) is 14.6 Å². The molecule has 12 heavy (non-hydrogen) atoms. The molecule has 5 nitrogen and oxygen atoms in total. The van der Waals surface area contributed by atoms with Gasteiger partial charge < -0.3 is 5.11 Å². The van der Waals surface area contributed by atoms with Crippen molar-refractivity contribution >= 4 is 11.6 Å². The fourth-order valence-corrected chi connectivity index (χ4v) is 0.987. The Morgan fingerprint density at radius 2 is 2.25 bits per heavy atom. The fourth-order valence-electron chi connectivity index (χ4n) is 0.987. The van der Waals surface area contributed by atoms with Crippen molar-refractivity contribution in [1.29, 1.82) is 0 Å². The molecule has 0 spiro atoms. The second-order valence-electron chi connectivity index (χ2n) is 2.26. The summed E-state index contributed by atoms with van der Waals surface area (Å²) in [6.45, 7) is 0. The van der Waals surface area contributed by atoms with E-state index in [4.69, 9.17) is 5.11 Å². The standard InChI is InChI=1S/C7H5N3O2/c11-7(12)6-9-8-5-3-1-2-4-10(5)6/h1-4H,(H,11,12). The van der Waals surface area contributed by atoms with Crippen LogP contribution in [0.3, 0.4) is 0 Å². The molecule has 0 aliphatic rings. The molecule has 0 unspecified atom stereocenters. The number of aromatic carboxylic acids is 1. The van der Waals surface area contributed by atoms with E-state index in [9.17, 15) is 4.79 Å². The first-order chi connectivity index (χ1) is 5.79. The summed E-state index contributed by atoms with van der Waals surface area (Å²) in [5, 5.41) is 15.8. The van der Waals surface area contributed by atoms with E-state index in [1.807, 2.05) is 0 Å². The summed E-state index contributed by atoms with van der Waals surface area (Å²) in [5.41, 5.74) is 0.537. The van der Waals surface area contributed by atoms with Gasteiger partial charge in [0, 0.05) is 6.20 Å². The molecule has 0 aromatic carbocycles. The van der Waals surface area contributed by atoms with Gasteiger partial charge >= 0.3 is 5.97 Å². The van der Waals surface area contributed by atoms with Gasteiger partial charge in [0.1, 0.15) is 0 Å². The zero-order valence-corrected chi connectivity index (χ0v) is 6.01. The average molecular weight is 163 g/mol. The molecule has 1 N–H and O–H groups in total. The molecule has 0 atom stereocenters. The van der Waals surface area contributed by atoms with Crippen molar-refractivity contribution in [3.8, 4) is 0 Å². The van der Waals surface area contributed by atoms with Crippen LogP contribution in [0.4, 0.5) is 0 Å². The lowest BCUT2D eigenvalue weighted by Gasteiger charge is -1.91. The van der Waals surface area contributed by atoms with E-state index in [-0.39, 0.29) is 5.82 Å². The van der Waals surface area contributed by atoms with Gasteiger partial charge in [-0.3, -0.25) is 4.40 Å². The Morgan fingerprint density at radius 3 is 3.00 bits per heavy atom. The number of hydrogen-bond donors (Lipinski definition) is 1. The molecule has 5 heteroatoms. The van der Waals surface area contributed by atoms with Gasteiger partial charge in [-0.2, -0.15) is 0 Å². The minimum Gasteiger partial charge on any atom is -0.475 e. The average Bonchev–Trinajstić information content (AvgIpc) is 2.47. The second kappa shape index (κ2) is 2.30. The van der Waals surface area contributed by atoms with Crippen molar-refractivity contribution in [2.75, 3.05) is 0 Å². The van der Waals surface area contributed by atoms with Crippen LogP contribution in [0.15, 0.2) is 24.4 Å². The maximum atomic E-state index is 10.6. The van der Waals surface area contributed by atoms with Gasteiger partial charge in [-0.15, -0.1) is 10.2 Å². The van der Waals surface area contributed by atoms with Gasteiger partial charge in [0.25, 0.3) is 0 Å². The molecule has 2 heterocycles. The van der Waals surface area contributed by atoms with E-state index in [1.54, 1.807) is 24.4 Å². The minimum absolute atomic E-state index is 0.0643. The number of carboxylic acids is 1. The first-order valence-electron chi connectivity index (χ1n) is 3.32. The van der Waals surface area contributed by atoms with Gasteiger partial charge in [0.2, 0.25) is 5.82 Å². The van der Waals surface area contributed by atoms with E-state index < -0.39 is 5.97 Å². The van der Waals surface area contributed by atoms with Gasteiger partial charge in [-0.25, -0.2) is 4.79 Å². The fraction of sp³-hybridized carbons (Fsp3) is 0. The Hall–Kier alpha value is -1.91. The molecule has 0 amide bonds. The van der Waals surface area contributed by atoms with E-state index in [0.29, 0.717) is 5.65 Å². The van der Waals surface area contributed by atoms with E-state index in [2.05, 4.69) is 10.2 Å². The van der Waals surface area contributed by atoms with Gasteiger partial charge in [0.05, 0.1) is 0 Å². The van der Waals surface area contributed by atoms with Crippen LogP contribution in [0, 0.1) is 0 Å². The topological polar surface area (TPSA) is 67.5 Å². The van der Waals surface area contributed by atoms with E-state index in [0.717, 1.165) is 0 Å². The molecular weight excluding hydrogens is 158 g/mol. The van der Waals surface area contributed by atoms with E-state index in [1.165, 1.54) is 4.40 Å². The Kier molecular flexibility index (Phi) is 1.30.